The molecule has 4 rings (SSSR count). The third kappa shape index (κ3) is 4.57. The molecule has 32 heavy (non-hydrogen) atoms. The minimum atomic E-state index is -0.673. The van der Waals surface area contributed by atoms with Crippen LogP contribution in [0.15, 0.2) is 77.9 Å². The van der Waals surface area contributed by atoms with E-state index < -0.39 is 11.9 Å². The van der Waals surface area contributed by atoms with Crippen LogP contribution < -0.4 is 4.74 Å². The average molecular weight is 431 g/mol. The second-order valence-electron chi connectivity index (χ2n) is 8.87. The molecule has 2 aromatic rings. The molecule has 164 valence electrons. The molecule has 2 aliphatic carbocycles. The number of ether oxygens (including phenoxy) is 2. The summed E-state index contributed by atoms with van der Waals surface area (Å²) in [6, 6.07) is 15.5. The number of rotatable bonds is 5. The van der Waals surface area contributed by atoms with E-state index in [1.807, 2.05) is 36.4 Å². The number of benzene rings is 2. The Kier molecular flexibility index (Phi) is 6.08. The number of fused-ring (bicyclic) bond motifs is 1. The number of esters is 2. The highest BCUT2D eigenvalue weighted by Crippen LogP contribution is 2.46. The van der Waals surface area contributed by atoms with E-state index in [2.05, 4.69) is 13.8 Å². The number of hydrogen-bond acceptors (Lipinski definition) is 5. The van der Waals surface area contributed by atoms with Gasteiger partial charge in [0.25, 0.3) is 0 Å². The highest BCUT2D eigenvalue weighted by Gasteiger charge is 2.41. The molecule has 5 heteroatoms. The van der Waals surface area contributed by atoms with Crippen molar-refractivity contribution in [2.75, 3.05) is 0 Å². The lowest BCUT2D eigenvalue weighted by atomic mass is 9.64. The van der Waals surface area contributed by atoms with Crippen molar-refractivity contribution in [1.29, 1.82) is 0 Å². The van der Waals surface area contributed by atoms with Crippen molar-refractivity contribution in [3.8, 4) is 5.75 Å². The molecule has 0 amide bonds. The molecule has 5 nitrogen and oxygen atoms in total. The number of hydrogen-bond donors (Lipinski definition) is 0. The van der Waals surface area contributed by atoms with E-state index in [4.69, 9.17) is 9.47 Å². The second-order valence-corrected chi connectivity index (χ2v) is 8.87. The van der Waals surface area contributed by atoms with E-state index in [-0.39, 0.29) is 35.0 Å². The molecule has 0 N–H and O–H groups in total. The largest absolute Gasteiger partial charge is 0.457 e. The first kappa shape index (κ1) is 21.8. The maximum Gasteiger partial charge on any atom is 0.347 e. The van der Waals surface area contributed by atoms with Crippen LogP contribution in [0.25, 0.3) is 0 Å². The number of carbonyl (C=O) groups excluding carboxylic acids is 3. The average Bonchev–Trinajstić information content (AvgIpc) is 2.79. The highest BCUT2D eigenvalue weighted by atomic mass is 16.5. The Morgan fingerprint density at radius 2 is 1.69 bits per heavy atom. The lowest BCUT2D eigenvalue weighted by Crippen LogP contribution is -2.36. The molecule has 0 heterocycles. The van der Waals surface area contributed by atoms with Crippen LogP contribution in [0.4, 0.5) is 0 Å². The van der Waals surface area contributed by atoms with E-state index in [1.54, 1.807) is 6.08 Å². The maximum absolute atomic E-state index is 12.9. The van der Waals surface area contributed by atoms with Gasteiger partial charge >= 0.3 is 11.9 Å². The maximum atomic E-state index is 12.9. The summed E-state index contributed by atoms with van der Waals surface area (Å²) < 4.78 is 10.7. The smallest absolute Gasteiger partial charge is 0.347 e. The Morgan fingerprint density at radius 1 is 0.969 bits per heavy atom. The Labute approximate surface area is 187 Å². The van der Waals surface area contributed by atoms with Crippen molar-refractivity contribution in [2.45, 2.75) is 39.7 Å². The first-order chi connectivity index (χ1) is 15.3. The summed E-state index contributed by atoms with van der Waals surface area (Å²) in [7, 11) is 0. The van der Waals surface area contributed by atoms with Gasteiger partial charge in [0.15, 0.2) is 5.78 Å². The van der Waals surface area contributed by atoms with Crippen LogP contribution in [0, 0.1) is 11.3 Å². The Bertz CT molecular complexity index is 1090. The monoisotopic (exact) mass is 430 g/mol. The van der Waals surface area contributed by atoms with E-state index >= 15 is 0 Å². The zero-order chi connectivity index (χ0) is 22.7. The van der Waals surface area contributed by atoms with Crippen LogP contribution in [0.5, 0.6) is 5.75 Å². The van der Waals surface area contributed by atoms with Crippen molar-refractivity contribution in [3.05, 3.63) is 89.0 Å². The van der Waals surface area contributed by atoms with Crippen LogP contribution in [0.2, 0.25) is 0 Å². The second kappa shape index (κ2) is 8.95. The van der Waals surface area contributed by atoms with Crippen LogP contribution in [0.1, 0.15) is 49.0 Å². The van der Waals surface area contributed by atoms with Gasteiger partial charge in [-0.15, -0.1) is 0 Å². The zero-order valence-electron chi connectivity index (χ0n) is 18.3. The van der Waals surface area contributed by atoms with Gasteiger partial charge < -0.3 is 9.47 Å². The molecule has 0 radical (unpaired) electrons. The van der Waals surface area contributed by atoms with E-state index in [1.165, 1.54) is 24.3 Å². The van der Waals surface area contributed by atoms with Crippen molar-refractivity contribution >= 4 is 17.7 Å². The fourth-order valence-corrected chi connectivity index (χ4v) is 4.37. The summed E-state index contributed by atoms with van der Waals surface area (Å²) in [5, 5.41) is 0. The summed E-state index contributed by atoms with van der Waals surface area (Å²) in [6.07, 6.45) is 6.26. The van der Waals surface area contributed by atoms with Crippen molar-refractivity contribution < 1.29 is 23.9 Å². The summed E-state index contributed by atoms with van der Waals surface area (Å²) in [4.78, 5) is 37.8. The Hall–Kier alpha value is -3.47. The molecule has 1 atom stereocenters. The quantitative estimate of drug-likeness (QED) is 0.370. The molecule has 2 aliphatic rings. The Balaban J connectivity index is 1.39. The van der Waals surface area contributed by atoms with Crippen LogP contribution in [-0.4, -0.2) is 17.7 Å². The predicted octanol–water partition coefficient (Wildman–Crippen LogP) is 5.21. The Morgan fingerprint density at radius 3 is 2.41 bits per heavy atom. The molecular formula is C27H26O5. The fourth-order valence-electron chi connectivity index (χ4n) is 4.37. The number of allylic oxidation sites excluding steroid dienone is 3. The molecule has 1 unspecified atom stereocenters. The molecular weight excluding hydrogens is 404 g/mol. The van der Waals surface area contributed by atoms with E-state index in [0.29, 0.717) is 5.56 Å². The standard InChI is InChI=1S/C27H26O5/c1-27(2)16-6-9-21-23(27)15-14-22(24(21)28)26(30)32-20-12-10-19(11-13-20)25(29)31-17-18-7-4-3-5-8-18/h3-5,7-8,10-15,21H,6,9,16-17H2,1-2H3. The van der Waals surface area contributed by atoms with E-state index in [0.717, 1.165) is 30.4 Å². The third-order valence-electron chi connectivity index (χ3n) is 6.20. The first-order valence-electron chi connectivity index (χ1n) is 10.8. The van der Waals surface area contributed by atoms with E-state index in [9.17, 15) is 14.4 Å². The molecule has 0 aromatic heterocycles. The van der Waals surface area contributed by atoms with Crippen LogP contribution in [-0.2, 0) is 20.9 Å². The number of Topliss-reactive ketones (excluding diaryl/α,β-unsaturated/α-hetero) is 1. The van der Waals surface area contributed by atoms with Gasteiger partial charge in [0.2, 0.25) is 0 Å². The molecule has 0 saturated heterocycles. The SMILES string of the molecule is CC1(C)CCCC2C(=O)C(C(=O)Oc3ccc(C(=O)OCc4ccccc4)cc3)=CC=C21. The van der Waals surface area contributed by atoms with Crippen LogP contribution >= 0.6 is 0 Å². The molecule has 1 fully saturated rings. The van der Waals surface area contributed by atoms with Gasteiger partial charge in [-0.1, -0.05) is 62.2 Å². The molecule has 2 aromatic carbocycles. The minimum Gasteiger partial charge on any atom is -0.457 e. The predicted molar refractivity (Wildman–Crippen MR) is 120 cm³/mol. The summed E-state index contributed by atoms with van der Waals surface area (Å²) in [5.41, 5.74) is 2.39. The van der Waals surface area contributed by atoms with Crippen molar-refractivity contribution in [1.82, 2.24) is 0 Å². The third-order valence-corrected chi connectivity index (χ3v) is 6.20. The van der Waals surface area contributed by atoms with Gasteiger partial charge in [-0.3, -0.25) is 4.79 Å². The van der Waals surface area contributed by atoms with Gasteiger partial charge in [-0.05, 0) is 54.2 Å². The fraction of sp³-hybridized carbons (Fsp3) is 0.296. The molecule has 1 saturated carbocycles. The van der Waals surface area contributed by atoms with Gasteiger partial charge in [0.1, 0.15) is 17.9 Å². The zero-order valence-corrected chi connectivity index (χ0v) is 18.3. The van der Waals surface area contributed by atoms with Gasteiger partial charge in [0, 0.05) is 5.92 Å². The topological polar surface area (TPSA) is 69.7 Å². The van der Waals surface area contributed by atoms with Crippen molar-refractivity contribution in [2.24, 2.45) is 11.3 Å². The normalized spacial score (nSPS) is 19.3. The highest BCUT2D eigenvalue weighted by molar-refractivity contribution is 6.20. The van der Waals surface area contributed by atoms with Crippen LogP contribution in [0.3, 0.4) is 0 Å². The van der Waals surface area contributed by atoms with Crippen molar-refractivity contribution in [3.63, 3.8) is 0 Å². The molecule has 0 spiro atoms. The first-order valence-corrected chi connectivity index (χ1v) is 10.8. The van der Waals surface area contributed by atoms with Gasteiger partial charge in [-0.2, -0.15) is 0 Å². The summed E-state index contributed by atoms with van der Waals surface area (Å²) >= 11 is 0. The summed E-state index contributed by atoms with van der Waals surface area (Å²) in [6.45, 7) is 4.46. The van der Waals surface area contributed by atoms with Gasteiger partial charge in [-0.25, -0.2) is 9.59 Å². The number of carbonyl (C=O) groups is 3. The lowest BCUT2D eigenvalue weighted by Gasteiger charge is -2.39. The lowest BCUT2D eigenvalue weighted by molar-refractivity contribution is -0.133. The van der Waals surface area contributed by atoms with Gasteiger partial charge in [0.05, 0.1) is 5.56 Å². The number of ketones is 1. The molecule has 0 aliphatic heterocycles. The molecule has 0 bridgehead atoms. The summed E-state index contributed by atoms with van der Waals surface area (Å²) in [5.74, 6) is -1.28. The minimum absolute atomic E-state index is 0.0323.